The van der Waals surface area contributed by atoms with E-state index in [4.69, 9.17) is 10.5 Å². The zero-order valence-corrected chi connectivity index (χ0v) is 13.4. The maximum atomic E-state index is 6.19. The SMILES string of the molecule is CCCCC(CC)COCC(N)c1ccc(CC)cc1. The Bertz CT molecular complexity index is 347. The van der Waals surface area contributed by atoms with Crippen LogP contribution in [0.5, 0.6) is 0 Å². The van der Waals surface area contributed by atoms with E-state index in [1.807, 2.05) is 0 Å². The van der Waals surface area contributed by atoms with Gasteiger partial charge in [-0.25, -0.2) is 0 Å². The van der Waals surface area contributed by atoms with E-state index in [1.165, 1.54) is 36.8 Å². The predicted octanol–water partition coefficient (Wildman–Crippen LogP) is 4.48. The molecule has 2 unspecified atom stereocenters. The molecular weight excluding hydrogens is 246 g/mol. The number of rotatable bonds is 10. The number of benzene rings is 1. The summed E-state index contributed by atoms with van der Waals surface area (Å²) >= 11 is 0. The molecule has 0 saturated carbocycles. The fourth-order valence-electron chi connectivity index (χ4n) is 2.36. The lowest BCUT2D eigenvalue weighted by molar-refractivity contribution is 0.0837. The highest BCUT2D eigenvalue weighted by atomic mass is 16.5. The van der Waals surface area contributed by atoms with Gasteiger partial charge in [0.1, 0.15) is 0 Å². The van der Waals surface area contributed by atoms with Crippen molar-refractivity contribution in [2.45, 2.75) is 58.9 Å². The van der Waals surface area contributed by atoms with Gasteiger partial charge in [0.2, 0.25) is 0 Å². The van der Waals surface area contributed by atoms with Crippen molar-refractivity contribution in [2.75, 3.05) is 13.2 Å². The van der Waals surface area contributed by atoms with Crippen LogP contribution in [0.15, 0.2) is 24.3 Å². The summed E-state index contributed by atoms with van der Waals surface area (Å²) < 4.78 is 5.83. The minimum Gasteiger partial charge on any atom is -0.379 e. The van der Waals surface area contributed by atoms with Gasteiger partial charge in [-0.2, -0.15) is 0 Å². The van der Waals surface area contributed by atoms with Crippen molar-refractivity contribution in [3.8, 4) is 0 Å². The van der Waals surface area contributed by atoms with Crippen LogP contribution in [0, 0.1) is 5.92 Å². The Kier molecular flexibility index (Phi) is 8.56. The van der Waals surface area contributed by atoms with Gasteiger partial charge in [0.05, 0.1) is 12.6 Å². The number of hydrogen-bond acceptors (Lipinski definition) is 2. The standard InChI is InChI=1S/C18H31NO/c1-4-7-8-16(6-3)13-20-14-18(19)17-11-9-15(5-2)10-12-17/h9-12,16,18H,4-8,13-14,19H2,1-3H3. The quantitative estimate of drug-likeness (QED) is 0.684. The minimum absolute atomic E-state index is 0.00964. The molecule has 20 heavy (non-hydrogen) atoms. The van der Waals surface area contributed by atoms with E-state index in [2.05, 4.69) is 45.0 Å². The van der Waals surface area contributed by atoms with E-state index < -0.39 is 0 Å². The lowest BCUT2D eigenvalue weighted by Gasteiger charge is -2.17. The summed E-state index contributed by atoms with van der Waals surface area (Å²) in [5, 5.41) is 0. The number of nitrogens with two attached hydrogens (primary N) is 1. The Morgan fingerprint density at radius 3 is 2.30 bits per heavy atom. The maximum Gasteiger partial charge on any atom is 0.0659 e. The summed E-state index contributed by atoms with van der Waals surface area (Å²) in [6.07, 6.45) is 6.10. The van der Waals surface area contributed by atoms with Gasteiger partial charge >= 0.3 is 0 Å². The molecule has 0 saturated heterocycles. The van der Waals surface area contributed by atoms with Gasteiger partial charge in [0.25, 0.3) is 0 Å². The van der Waals surface area contributed by atoms with Gasteiger partial charge in [-0.05, 0) is 29.9 Å². The average molecular weight is 277 g/mol. The fraction of sp³-hybridized carbons (Fsp3) is 0.667. The third kappa shape index (κ3) is 6.06. The highest BCUT2D eigenvalue weighted by Crippen LogP contribution is 2.16. The van der Waals surface area contributed by atoms with Crippen LogP contribution < -0.4 is 5.73 Å². The summed E-state index contributed by atoms with van der Waals surface area (Å²) in [5.41, 5.74) is 8.71. The first-order valence-electron chi connectivity index (χ1n) is 8.13. The van der Waals surface area contributed by atoms with Crippen LogP contribution >= 0.6 is 0 Å². The second-order valence-corrected chi connectivity index (χ2v) is 5.66. The van der Waals surface area contributed by atoms with Crippen LogP contribution in [0.25, 0.3) is 0 Å². The highest BCUT2D eigenvalue weighted by molar-refractivity contribution is 5.24. The van der Waals surface area contributed by atoms with Crippen molar-refractivity contribution in [2.24, 2.45) is 11.7 Å². The lowest BCUT2D eigenvalue weighted by Crippen LogP contribution is -2.19. The van der Waals surface area contributed by atoms with Gasteiger partial charge in [-0.15, -0.1) is 0 Å². The summed E-state index contributed by atoms with van der Waals surface area (Å²) in [5.74, 6) is 0.685. The van der Waals surface area contributed by atoms with E-state index >= 15 is 0 Å². The van der Waals surface area contributed by atoms with Crippen LogP contribution in [0.2, 0.25) is 0 Å². The first-order chi connectivity index (χ1) is 9.71. The van der Waals surface area contributed by atoms with Crippen molar-refractivity contribution < 1.29 is 4.74 Å². The van der Waals surface area contributed by atoms with E-state index in [1.54, 1.807) is 0 Å². The van der Waals surface area contributed by atoms with Crippen molar-refractivity contribution in [1.82, 2.24) is 0 Å². The first kappa shape index (κ1) is 17.2. The van der Waals surface area contributed by atoms with E-state index in [-0.39, 0.29) is 6.04 Å². The van der Waals surface area contributed by atoms with Crippen molar-refractivity contribution in [1.29, 1.82) is 0 Å². The Balaban J connectivity index is 2.32. The predicted molar refractivity (Wildman–Crippen MR) is 86.9 cm³/mol. The molecule has 0 radical (unpaired) electrons. The Hall–Kier alpha value is -0.860. The molecule has 0 fully saturated rings. The summed E-state index contributed by atoms with van der Waals surface area (Å²) in [6, 6.07) is 8.56. The fourth-order valence-corrected chi connectivity index (χ4v) is 2.36. The molecular formula is C18H31NO. The molecule has 0 aliphatic heterocycles. The molecule has 2 atom stereocenters. The summed E-state index contributed by atoms with van der Waals surface area (Å²) in [6.45, 7) is 8.11. The smallest absolute Gasteiger partial charge is 0.0659 e. The molecule has 0 spiro atoms. The number of unbranched alkanes of at least 4 members (excludes halogenated alkanes) is 1. The molecule has 114 valence electrons. The molecule has 1 rings (SSSR count). The lowest BCUT2D eigenvalue weighted by atomic mass is 10.0. The average Bonchev–Trinajstić information content (AvgIpc) is 2.50. The maximum absolute atomic E-state index is 6.19. The first-order valence-corrected chi connectivity index (χ1v) is 8.13. The second-order valence-electron chi connectivity index (χ2n) is 5.66. The van der Waals surface area contributed by atoms with Crippen LogP contribution in [-0.4, -0.2) is 13.2 Å². The molecule has 2 nitrogen and oxygen atoms in total. The van der Waals surface area contributed by atoms with Gasteiger partial charge in [-0.3, -0.25) is 0 Å². The minimum atomic E-state index is -0.00964. The molecule has 0 amide bonds. The Morgan fingerprint density at radius 2 is 1.75 bits per heavy atom. The molecule has 0 aliphatic carbocycles. The van der Waals surface area contributed by atoms with Crippen molar-refractivity contribution in [3.63, 3.8) is 0 Å². The van der Waals surface area contributed by atoms with Gasteiger partial charge < -0.3 is 10.5 Å². The summed E-state index contributed by atoms with van der Waals surface area (Å²) in [7, 11) is 0. The third-order valence-corrected chi connectivity index (χ3v) is 4.01. The van der Waals surface area contributed by atoms with Crippen LogP contribution in [0.3, 0.4) is 0 Å². The van der Waals surface area contributed by atoms with E-state index in [9.17, 15) is 0 Å². The molecule has 1 aromatic carbocycles. The summed E-state index contributed by atoms with van der Waals surface area (Å²) in [4.78, 5) is 0. The third-order valence-electron chi connectivity index (χ3n) is 4.01. The van der Waals surface area contributed by atoms with Crippen molar-refractivity contribution in [3.05, 3.63) is 35.4 Å². The molecule has 0 aliphatic rings. The van der Waals surface area contributed by atoms with Crippen LogP contribution in [0.4, 0.5) is 0 Å². The topological polar surface area (TPSA) is 35.2 Å². The van der Waals surface area contributed by atoms with Crippen molar-refractivity contribution >= 4 is 0 Å². The normalized spacial score (nSPS) is 14.2. The van der Waals surface area contributed by atoms with Gasteiger partial charge in [-0.1, -0.05) is 64.3 Å². The van der Waals surface area contributed by atoms with E-state index in [0.717, 1.165) is 13.0 Å². The van der Waals surface area contributed by atoms with Gasteiger partial charge in [0, 0.05) is 6.61 Å². The van der Waals surface area contributed by atoms with E-state index in [0.29, 0.717) is 12.5 Å². The molecule has 0 bridgehead atoms. The van der Waals surface area contributed by atoms with Gasteiger partial charge in [0.15, 0.2) is 0 Å². The molecule has 2 N–H and O–H groups in total. The highest BCUT2D eigenvalue weighted by Gasteiger charge is 2.09. The number of ether oxygens (including phenoxy) is 1. The Labute approximate surface area is 124 Å². The molecule has 2 heteroatoms. The number of hydrogen-bond donors (Lipinski definition) is 1. The van der Waals surface area contributed by atoms with Crippen LogP contribution in [0.1, 0.15) is 63.6 Å². The molecule has 1 aromatic rings. The second kappa shape index (κ2) is 9.95. The monoisotopic (exact) mass is 277 g/mol. The molecule has 0 heterocycles. The number of aryl methyl sites for hydroxylation is 1. The zero-order chi connectivity index (χ0) is 14.8. The Morgan fingerprint density at radius 1 is 1.05 bits per heavy atom. The largest absolute Gasteiger partial charge is 0.379 e. The van der Waals surface area contributed by atoms with Crippen LogP contribution in [-0.2, 0) is 11.2 Å². The molecule has 0 aromatic heterocycles. The zero-order valence-electron chi connectivity index (χ0n) is 13.4.